The molecule has 0 heterocycles. The summed E-state index contributed by atoms with van der Waals surface area (Å²) in [5, 5.41) is 9.53. The van der Waals surface area contributed by atoms with Crippen molar-refractivity contribution in [2.24, 2.45) is 0 Å². The molecule has 0 aliphatic carbocycles. The number of aliphatic hydroxyl groups excluding tert-OH is 1. The van der Waals surface area contributed by atoms with Gasteiger partial charge in [0.2, 0.25) is 0 Å². The molecule has 0 saturated carbocycles. The van der Waals surface area contributed by atoms with E-state index in [1.807, 2.05) is 0 Å². The van der Waals surface area contributed by atoms with Crippen LogP contribution in [0.15, 0.2) is 18.2 Å². The van der Waals surface area contributed by atoms with Gasteiger partial charge in [0.05, 0.1) is 26.5 Å². The third-order valence-corrected chi connectivity index (χ3v) is 2.21. The summed E-state index contributed by atoms with van der Waals surface area (Å²) in [6.45, 7) is 1.54. The minimum absolute atomic E-state index is 0.295. The molecule has 0 spiro atoms. The van der Waals surface area contributed by atoms with Crippen molar-refractivity contribution in [2.75, 3.05) is 20.4 Å². The van der Waals surface area contributed by atoms with Gasteiger partial charge in [-0.2, -0.15) is 0 Å². The predicted octanol–water partition coefficient (Wildman–Crippen LogP) is 2.49. The van der Waals surface area contributed by atoms with Crippen molar-refractivity contribution in [1.29, 1.82) is 0 Å². The first-order valence-electron chi connectivity index (χ1n) is 5.23. The summed E-state index contributed by atoms with van der Waals surface area (Å²) in [6, 6.07) is 5.19. The third-order valence-electron chi connectivity index (χ3n) is 2.21. The molecule has 16 heavy (non-hydrogen) atoms. The second-order valence-electron chi connectivity index (χ2n) is 3.47. The van der Waals surface area contributed by atoms with Crippen molar-refractivity contribution in [3.05, 3.63) is 23.8 Å². The van der Waals surface area contributed by atoms with Gasteiger partial charge in [-0.15, -0.1) is 0 Å². The van der Waals surface area contributed by atoms with Gasteiger partial charge in [-0.05, 0) is 19.1 Å². The highest BCUT2D eigenvalue weighted by Crippen LogP contribution is 2.29. The van der Waals surface area contributed by atoms with Gasteiger partial charge in [0, 0.05) is 18.1 Å². The Hall–Kier alpha value is -1.29. The molecule has 0 radical (unpaired) electrons. The molecular weight excluding hydrogens is 211 g/mol. The molecule has 0 aliphatic rings. The molecule has 90 valence electrons. The van der Waals surface area contributed by atoms with Crippen LogP contribution >= 0.6 is 0 Å². The molecule has 1 N–H and O–H groups in total. The van der Waals surface area contributed by atoms with Crippen LogP contribution in [0.4, 0.5) is 4.39 Å². The molecule has 1 atom stereocenters. The Morgan fingerprint density at radius 3 is 2.75 bits per heavy atom. The lowest BCUT2D eigenvalue weighted by Crippen LogP contribution is -2.03. The molecule has 1 aromatic rings. The third kappa shape index (κ3) is 3.38. The molecule has 0 aromatic heterocycles. The van der Waals surface area contributed by atoms with E-state index in [0.717, 1.165) is 0 Å². The summed E-state index contributed by atoms with van der Waals surface area (Å²) in [5.41, 5.74) is 0.680. The van der Waals surface area contributed by atoms with Crippen LogP contribution in [0.1, 0.15) is 25.0 Å². The van der Waals surface area contributed by atoms with E-state index >= 15 is 0 Å². The van der Waals surface area contributed by atoms with Gasteiger partial charge < -0.3 is 14.6 Å². The van der Waals surface area contributed by atoms with E-state index < -0.39 is 12.8 Å². The summed E-state index contributed by atoms with van der Waals surface area (Å²) in [7, 11) is 1.56. The van der Waals surface area contributed by atoms with Crippen LogP contribution in [0, 0.1) is 0 Å². The number of hydrogen-bond acceptors (Lipinski definition) is 3. The zero-order valence-electron chi connectivity index (χ0n) is 9.57. The molecule has 4 heteroatoms. The minimum Gasteiger partial charge on any atom is -0.497 e. The van der Waals surface area contributed by atoms with Crippen molar-refractivity contribution < 1.29 is 19.0 Å². The number of benzene rings is 1. The fraction of sp³-hybridized carbons (Fsp3) is 0.500. The number of rotatable bonds is 6. The lowest BCUT2D eigenvalue weighted by atomic mass is 10.1. The summed E-state index contributed by atoms with van der Waals surface area (Å²) in [6.07, 6.45) is -0.275. The SMILES string of the molecule is COc1ccc([C@H](C)O)c(OCCCF)c1. The highest BCUT2D eigenvalue weighted by atomic mass is 19.1. The molecule has 1 aromatic carbocycles. The van der Waals surface area contributed by atoms with E-state index in [0.29, 0.717) is 30.1 Å². The molecular formula is C12H17FO3. The van der Waals surface area contributed by atoms with E-state index in [1.54, 1.807) is 32.2 Å². The Labute approximate surface area is 94.8 Å². The number of ether oxygens (including phenoxy) is 2. The number of alkyl halides is 1. The highest BCUT2D eigenvalue weighted by molar-refractivity contribution is 5.41. The largest absolute Gasteiger partial charge is 0.497 e. The Morgan fingerprint density at radius 1 is 1.44 bits per heavy atom. The maximum Gasteiger partial charge on any atom is 0.128 e. The summed E-state index contributed by atoms with van der Waals surface area (Å²) in [5.74, 6) is 1.20. The normalized spacial score (nSPS) is 12.2. The van der Waals surface area contributed by atoms with Gasteiger partial charge in [0.25, 0.3) is 0 Å². The fourth-order valence-electron chi connectivity index (χ4n) is 1.35. The fourth-order valence-corrected chi connectivity index (χ4v) is 1.35. The maximum absolute atomic E-state index is 11.9. The van der Waals surface area contributed by atoms with Gasteiger partial charge in [-0.3, -0.25) is 4.39 Å². The van der Waals surface area contributed by atoms with Crippen LogP contribution in [0.2, 0.25) is 0 Å². The van der Waals surface area contributed by atoms with Crippen molar-refractivity contribution in [1.82, 2.24) is 0 Å². The van der Waals surface area contributed by atoms with E-state index in [-0.39, 0.29) is 0 Å². The predicted molar refractivity (Wildman–Crippen MR) is 59.7 cm³/mol. The van der Waals surface area contributed by atoms with E-state index in [9.17, 15) is 9.50 Å². The highest BCUT2D eigenvalue weighted by Gasteiger charge is 2.10. The van der Waals surface area contributed by atoms with E-state index in [1.165, 1.54) is 0 Å². The Morgan fingerprint density at radius 2 is 2.19 bits per heavy atom. The number of aliphatic hydroxyl groups is 1. The molecule has 0 amide bonds. The van der Waals surface area contributed by atoms with Crippen LogP contribution in [0.3, 0.4) is 0 Å². The average Bonchev–Trinajstić information content (AvgIpc) is 2.29. The second-order valence-corrected chi connectivity index (χ2v) is 3.47. The number of hydrogen-bond donors (Lipinski definition) is 1. The van der Waals surface area contributed by atoms with Crippen molar-refractivity contribution in [3.8, 4) is 11.5 Å². The zero-order chi connectivity index (χ0) is 12.0. The smallest absolute Gasteiger partial charge is 0.128 e. The van der Waals surface area contributed by atoms with E-state index in [4.69, 9.17) is 9.47 Å². The molecule has 0 bridgehead atoms. The van der Waals surface area contributed by atoms with Gasteiger partial charge >= 0.3 is 0 Å². The van der Waals surface area contributed by atoms with Crippen LogP contribution in [0.25, 0.3) is 0 Å². The van der Waals surface area contributed by atoms with Crippen LogP contribution in [-0.4, -0.2) is 25.5 Å². The molecule has 0 fully saturated rings. The summed E-state index contributed by atoms with van der Waals surface area (Å²) < 4.78 is 22.4. The Kier molecular flexibility index (Phi) is 5.05. The van der Waals surface area contributed by atoms with Crippen molar-refractivity contribution in [3.63, 3.8) is 0 Å². The summed E-state index contributed by atoms with van der Waals surface area (Å²) in [4.78, 5) is 0. The monoisotopic (exact) mass is 228 g/mol. The lowest BCUT2D eigenvalue weighted by molar-refractivity contribution is 0.190. The molecule has 0 saturated heterocycles. The molecule has 0 aliphatic heterocycles. The molecule has 0 unspecified atom stereocenters. The maximum atomic E-state index is 11.9. The average molecular weight is 228 g/mol. The first-order valence-corrected chi connectivity index (χ1v) is 5.23. The van der Waals surface area contributed by atoms with Crippen molar-refractivity contribution >= 4 is 0 Å². The first-order chi connectivity index (χ1) is 7.69. The lowest BCUT2D eigenvalue weighted by Gasteiger charge is -2.14. The zero-order valence-corrected chi connectivity index (χ0v) is 9.57. The standard InChI is InChI=1S/C12H17FO3/c1-9(14)11-5-4-10(15-2)8-12(11)16-7-3-6-13/h4-5,8-9,14H,3,6-7H2,1-2H3/t9-/m0/s1. The number of halogens is 1. The number of methoxy groups -OCH3 is 1. The second kappa shape index (κ2) is 6.33. The van der Waals surface area contributed by atoms with Gasteiger partial charge in [0.1, 0.15) is 11.5 Å². The Bertz CT molecular complexity index is 326. The summed E-state index contributed by atoms with van der Waals surface area (Å²) >= 11 is 0. The minimum atomic E-state index is -0.619. The van der Waals surface area contributed by atoms with Crippen LogP contribution in [0.5, 0.6) is 11.5 Å². The van der Waals surface area contributed by atoms with Crippen LogP contribution in [-0.2, 0) is 0 Å². The topological polar surface area (TPSA) is 38.7 Å². The first kappa shape index (κ1) is 12.8. The van der Waals surface area contributed by atoms with Gasteiger partial charge in [-0.25, -0.2) is 0 Å². The molecule has 3 nitrogen and oxygen atoms in total. The van der Waals surface area contributed by atoms with Gasteiger partial charge in [-0.1, -0.05) is 0 Å². The quantitative estimate of drug-likeness (QED) is 0.760. The van der Waals surface area contributed by atoms with Gasteiger partial charge in [0.15, 0.2) is 0 Å². The van der Waals surface area contributed by atoms with Crippen LogP contribution < -0.4 is 9.47 Å². The van der Waals surface area contributed by atoms with E-state index in [2.05, 4.69) is 0 Å². The Balaban J connectivity index is 2.83. The van der Waals surface area contributed by atoms with Crippen molar-refractivity contribution in [2.45, 2.75) is 19.4 Å². The molecule has 1 rings (SSSR count).